The number of rotatable bonds is 4. The quantitative estimate of drug-likeness (QED) is 0.710. The van der Waals surface area contributed by atoms with Gasteiger partial charge in [-0.15, -0.1) is 0 Å². The summed E-state index contributed by atoms with van der Waals surface area (Å²) in [5.41, 5.74) is 0.498. The second-order valence-electron chi connectivity index (χ2n) is 4.90. The Morgan fingerprint density at radius 2 is 1.96 bits per heavy atom. The van der Waals surface area contributed by atoms with E-state index in [1.54, 1.807) is 18.2 Å². The highest BCUT2D eigenvalue weighted by molar-refractivity contribution is 6.32. The summed E-state index contributed by atoms with van der Waals surface area (Å²) < 4.78 is 21.1. The molecule has 0 aliphatic rings. The van der Waals surface area contributed by atoms with Crippen molar-refractivity contribution in [3.63, 3.8) is 0 Å². The average molecular weight is 369 g/mol. The minimum absolute atomic E-state index is 0.0266. The van der Waals surface area contributed by atoms with Gasteiger partial charge in [-0.1, -0.05) is 29.3 Å². The molecule has 124 valence electrons. The number of hydrogen-bond acceptors (Lipinski definition) is 4. The standard InChI is InChI=1S/C15H11Cl2FN4O2/c1-21-15(23)22(20-19-21)13-4-2-3-11(16)10(13)8-24-14-7-9(18)5-6-12(14)17/h2-7H,8H2,1H3. The summed E-state index contributed by atoms with van der Waals surface area (Å²) in [4.78, 5) is 12.1. The minimum atomic E-state index is -0.473. The van der Waals surface area contributed by atoms with Crippen LogP contribution in [0.4, 0.5) is 4.39 Å². The van der Waals surface area contributed by atoms with Gasteiger partial charge < -0.3 is 4.74 Å². The third-order valence-electron chi connectivity index (χ3n) is 3.31. The third-order valence-corrected chi connectivity index (χ3v) is 3.98. The van der Waals surface area contributed by atoms with E-state index in [0.29, 0.717) is 16.3 Å². The van der Waals surface area contributed by atoms with Gasteiger partial charge in [-0.05, 0) is 34.7 Å². The van der Waals surface area contributed by atoms with Crippen LogP contribution in [0.3, 0.4) is 0 Å². The van der Waals surface area contributed by atoms with Gasteiger partial charge in [0.2, 0.25) is 0 Å². The summed E-state index contributed by atoms with van der Waals surface area (Å²) in [6.45, 7) is -0.0266. The van der Waals surface area contributed by atoms with Gasteiger partial charge in [0, 0.05) is 23.7 Å². The number of hydrogen-bond donors (Lipinski definition) is 0. The molecule has 3 rings (SSSR count). The Balaban J connectivity index is 1.98. The molecule has 0 saturated heterocycles. The van der Waals surface area contributed by atoms with Crippen LogP contribution in [0.25, 0.3) is 5.69 Å². The van der Waals surface area contributed by atoms with Gasteiger partial charge in [0.25, 0.3) is 0 Å². The van der Waals surface area contributed by atoms with Crippen molar-refractivity contribution in [3.8, 4) is 11.4 Å². The first kappa shape index (κ1) is 16.5. The van der Waals surface area contributed by atoms with E-state index in [2.05, 4.69) is 10.4 Å². The third kappa shape index (κ3) is 3.13. The van der Waals surface area contributed by atoms with Crippen LogP contribution in [0.15, 0.2) is 41.2 Å². The van der Waals surface area contributed by atoms with Gasteiger partial charge in [0.05, 0.1) is 10.7 Å². The van der Waals surface area contributed by atoms with E-state index < -0.39 is 11.5 Å². The predicted octanol–water partition coefficient (Wildman–Crippen LogP) is 2.99. The van der Waals surface area contributed by atoms with Gasteiger partial charge in [-0.25, -0.2) is 9.18 Å². The summed E-state index contributed by atoms with van der Waals surface area (Å²) >= 11 is 12.2. The molecule has 0 N–H and O–H groups in total. The molecule has 0 fully saturated rings. The van der Waals surface area contributed by atoms with Crippen molar-refractivity contribution in [1.29, 1.82) is 0 Å². The number of ether oxygens (including phenoxy) is 1. The Morgan fingerprint density at radius 1 is 1.17 bits per heavy atom. The molecule has 1 heterocycles. The van der Waals surface area contributed by atoms with Crippen molar-refractivity contribution in [2.75, 3.05) is 0 Å². The average Bonchev–Trinajstić information content (AvgIpc) is 2.88. The molecule has 0 spiro atoms. The zero-order chi connectivity index (χ0) is 17.3. The highest BCUT2D eigenvalue weighted by atomic mass is 35.5. The van der Waals surface area contributed by atoms with Crippen molar-refractivity contribution >= 4 is 23.2 Å². The highest BCUT2D eigenvalue weighted by Crippen LogP contribution is 2.28. The number of nitrogens with zero attached hydrogens (tertiary/aromatic N) is 4. The molecule has 0 amide bonds. The number of tetrazole rings is 1. The van der Waals surface area contributed by atoms with Crippen molar-refractivity contribution < 1.29 is 9.13 Å². The first-order chi connectivity index (χ1) is 11.5. The molecule has 0 atom stereocenters. The van der Waals surface area contributed by atoms with E-state index >= 15 is 0 Å². The lowest BCUT2D eigenvalue weighted by Crippen LogP contribution is -2.23. The molecule has 6 nitrogen and oxygen atoms in total. The van der Waals surface area contributed by atoms with Gasteiger partial charge >= 0.3 is 5.69 Å². The van der Waals surface area contributed by atoms with Crippen LogP contribution >= 0.6 is 23.2 Å². The molecule has 0 radical (unpaired) electrons. The van der Waals surface area contributed by atoms with E-state index in [0.717, 1.165) is 9.36 Å². The number of halogens is 3. The lowest BCUT2D eigenvalue weighted by atomic mass is 10.2. The molecular formula is C15H11Cl2FN4O2. The molecule has 0 aliphatic carbocycles. The van der Waals surface area contributed by atoms with Crippen molar-refractivity contribution in [1.82, 2.24) is 19.8 Å². The molecule has 0 saturated carbocycles. The first-order valence-corrected chi connectivity index (χ1v) is 7.57. The van der Waals surface area contributed by atoms with E-state index in [-0.39, 0.29) is 17.4 Å². The Bertz CT molecular complexity index is 955. The molecular weight excluding hydrogens is 358 g/mol. The van der Waals surface area contributed by atoms with E-state index in [1.165, 1.54) is 25.2 Å². The molecule has 2 aromatic carbocycles. The fraction of sp³-hybridized carbons (Fsp3) is 0.133. The van der Waals surface area contributed by atoms with Crippen LogP contribution in [0.5, 0.6) is 5.75 Å². The molecule has 0 aliphatic heterocycles. The van der Waals surface area contributed by atoms with Crippen LogP contribution < -0.4 is 10.4 Å². The Morgan fingerprint density at radius 3 is 2.67 bits per heavy atom. The number of aromatic nitrogens is 4. The maximum atomic E-state index is 13.3. The van der Waals surface area contributed by atoms with Crippen molar-refractivity contribution in [3.05, 3.63) is 68.3 Å². The number of aryl methyl sites for hydroxylation is 1. The van der Waals surface area contributed by atoms with E-state index in [9.17, 15) is 9.18 Å². The van der Waals surface area contributed by atoms with Crippen LogP contribution in [0, 0.1) is 5.82 Å². The minimum Gasteiger partial charge on any atom is -0.487 e. The molecule has 1 aromatic heterocycles. The summed E-state index contributed by atoms with van der Waals surface area (Å²) in [6.07, 6.45) is 0. The maximum Gasteiger partial charge on any atom is 0.368 e. The van der Waals surface area contributed by atoms with Gasteiger partial charge in [-0.3, -0.25) is 0 Å². The smallest absolute Gasteiger partial charge is 0.368 e. The zero-order valence-electron chi connectivity index (χ0n) is 12.4. The predicted molar refractivity (Wildman–Crippen MR) is 87.4 cm³/mol. The van der Waals surface area contributed by atoms with Crippen molar-refractivity contribution in [2.45, 2.75) is 6.61 Å². The second-order valence-corrected chi connectivity index (χ2v) is 5.71. The zero-order valence-corrected chi connectivity index (χ0v) is 13.9. The van der Waals surface area contributed by atoms with Crippen LogP contribution in [0.1, 0.15) is 5.56 Å². The topological polar surface area (TPSA) is 61.9 Å². The fourth-order valence-corrected chi connectivity index (χ4v) is 2.49. The van der Waals surface area contributed by atoms with Gasteiger partial charge in [-0.2, -0.15) is 9.36 Å². The summed E-state index contributed by atoms with van der Waals surface area (Å²) in [5.74, 6) is -0.298. The highest BCUT2D eigenvalue weighted by Gasteiger charge is 2.15. The van der Waals surface area contributed by atoms with E-state index in [1.807, 2.05) is 0 Å². The molecule has 24 heavy (non-hydrogen) atoms. The molecule has 0 unspecified atom stereocenters. The van der Waals surface area contributed by atoms with Crippen molar-refractivity contribution in [2.24, 2.45) is 7.05 Å². The van der Waals surface area contributed by atoms with Crippen LogP contribution in [0.2, 0.25) is 10.0 Å². The summed E-state index contributed by atoms with van der Waals surface area (Å²) in [7, 11) is 1.49. The molecule has 3 aromatic rings. The molecule has 9 heteroatoms. The van der Waals surface area contributed by atoms with Gasteiger partial charge in [0.15, 0.2) is 0 Å². The summed E-state index contributed by atoms with van der Waals surface area (Å²) in [6, 6.07) is 8.79. The van der Waals surface area contributed by atoms with Crippen LogP contribution in [-0.2, 0) is 13.7 Å². The maximum absolute atomic E-state index is 13.3. The fourth-order valence-electron chi connectivity index (χ4n) is 2.09. The largest absolute Gasteiger partial charge is 0.487 e. The summed E-state index contributed by atoms with van der Waals surface area (Å²) in [5, 5.41) is 8.10. The Kier molecular flexibility index (Phi) is 4.55. The van der Waals surface area contributed by atoms with E-state index in [4.69, 9.17) is 27.9 Å². The Labute approximate surface area is 146 Å². The lowest BCUT2D eigenvalue weighted by molar-refractivity contribution is 0.304. The molecule has 0 bridgehead atoms. The monoisotopic (exact) mass is 368 g/mol. The first-order valence-electron chi connectivity index (χ1n) is 6.82. The second kappa shape index (κ2) is 6.62. The number of benzene rings is 2. The van der Waals surface area contributed by atoms with Crippen LogP contribution in [-0.4, -0.2) is 19.8 Å². The lowest BCUT2D eigenvalue weighted by Gasteiger charge is -2.12. The Hall–Kier alpha value is -2.38. The normalized spacial score (nSPS) is 10.8. The van der Waals surface area contributed by atoms with Gasteiger partial charge in [0.1, 0.15) is 18.2 Å². The SMILES string of the molecule is Cn1nnn(-c2cccc(Cl)c2COc2cc(F)ccc2Cl)c1=O.